The van der Waals surface area contributed by atoms with Gasteiger partial charge < -0.3 is 5.32 Å². The Morgan fingerprint density at radius 2 is 2.06 bits per heavy atom. The van der Waals surface area contributed by atoms with E-state index in [1.165, 1.54) is 25.7 Å². The van der Waals surface area contributed by atoms with Crippen molar-refractivity contribution in [2.45, 2.75) is 71.4 Å². The van der Waals surface area contributed by atoms with Crippen molar-refractivity contribution >= 4 is 5.91 Å². The summed E-state index contributed by atoms with van der Waals surface area (Å²) in [5.74, 6) is 0.216. The Morgan fingerprint density at radius 1 is 1.35 bits per heavy atom. The average molecular weight is 240 g/mol. The monoisotopic (exact) mass is 240 g/mol. The van der Waals surface area contributed by atoms with Gasteiger partial charge in [0.1, 0.15) is 0 Å². The van der Waals surface area contributed by atoms with E-state index in [0.29, 0.717) is 0 Å². The summed E-state index contributed by atoms with van der Waals surface area (Å²) in [7, 11) is 0. The molecule has 1 rings (SSSR count). The first kappa shape index (κ1) is 14.5. The number of rotatable bonds is 4. The van der Waals surface area contributed by atoms with Gasteiger partial charge in [-0.3, -0.25) is 9.69 Å². The fourth-order valence-corrected chi connectivity index (χ4v) is 2.37. The van der Waals surface area contributed by atoms with Crippen LogP contribution >= 0.6 is 0 Å². The molecule has 3 heteroatoms. The first-order valence-electron chi connectivity index (χ1n) is 7.00. The molecule has 1 aliphatic rings. The first-order chi connectivity index (χ1) is 7.94. The number of unbranched alkanes of at least 4 members (excludes halogenated alkanes) is 1. The second kappa shape index (κ2) is 6.39. The highest BCUT2D eigenvalue weighted by Gasteiger charge is 2.29. The van der Waals surface area contributed by atoms with Gasteiger partial charge in [-0.1, -0.05) is 19.8 Å². The summed E-state index contributed by atoms with van der Waals surface area (Å²) in [5, 5.41) is 3.11. The van der Waals surface area contributed by atoms with Gasteiger partial charge in [0, 0.05) is 5.54 Å². The topological polar surface area (TPSA) is 32.3 Å². The lowest BCUT2D eigenvalue weighted by Crippen LogP contribution is -2.53. The Labute approximate surface area is 106 Å². The van der Waals surface area contributed by atoms with Crippen LogP contribution < -0.4 is 5.32 Å². The zero-order valence-corrected chi connectivity index (χ0v) is 11.9. The Balaban J connectivity index is 2.54. The molecule has 3 nitrogen and oxygen atoms in total. The van der Waals surface area contributed by atoms with Crippen LogP contribution in [0.4, 0.5) is 0 Å². The molecule has 0 radical (unpaired) electrons. The van der Waals surface area contributed by atoms with Crippen molar-refractivity contribution in [1.82, 2.24) is 10.2 Å². The average Bonchev–Trinajstić information content (AvgIpc) is 2.24. The number of hydrogen-bond donors (Lipinski definition) is 1. The van der Waals surface area contributed by atoms with Gasteiger partial charge in [0.05, 0.1) is 6.04 Å². The Kier molecular flexibility index (Phi) is 5.44. The molecular weight excluding hydrogens is 212 g/mol. The molecule has 1 heterocycles. The molecule has 0 bridgehead atoms. The van der Waals surface area contributed by atoms with Crippen LogP contribution in [-0.4, -0.2) is 35.5 Å². The van der Waals surface area contributed by atoms with Crippen molar-refractivity contribution in [3.63, 3.8) is 0 Å². The molecular formula is C14H28N2O. The number of piperidine rings is 1. The maximum atomic E-state index is 12.2. The number of carbonyl (C=O) groups is 1. The molecule has 0 aromatic rings. The van der Waals surface area contributed by atoms with Crippen molar-refractivity contribution < 1.29 is 4.79 Å². The van der Waals surface area contributed by atoms with Gasteiger partial charge in [-0.15, -0.1) is 0 Å². The maximum absolute atomic E-state index is 12.2. The molecule has 0 saturated carbocycles. The fraction of sp³-hybridized carbons (Fsp3) is 0.929. The van der Waals surface area contributed by atoms with E-state index in [2.05, 4.69) is 17.1 Å². The molecule has 1 N–H and O–H groups in total. The van der Waals surface area contributed by atoms with Gasteiger partial charge in [0.15, 0.2) is 0 Å². The summed E-state index contributed by atoms with van der Waals surface area (Å²) >= 11 is 0. The first-order valence-corrected chi connectivity index (χ1v) is 7.00. The molecule has 1 fully saturated rings. The van der Waals surface area contributed by atoms with Crippen molar-refractivity contribution in [1.29, 1.82) is 0 Å². The van der Waals surface area contributed by atoms with Crippen LogP contribution in [0.25, 0.3) is 0 Å². The van der Waals surface area contributed by atoms with Crippen molar-refractivity contribution in [3.8, 4) is 0 Å². The minimum atomic E-state index is -0.120. The second-order valence-electron chi connectivity index (χ2n) is 6.14. The van der Waals surface area contributed by atoms with Crippen LogP contribution in [0.2, 0.25) is 0 Å². The van der Waals surface area contributed by atoms with Crippen LogP contribution in [0.3, 0.4) is 0 Å². The number of hydrogen-bond acceptors (Lipinski definition) is 2. The number of carbonyl (C=O) groups excluding carboxylic acids is 1. The SMILES string of the molecule is CCCCN1CCCC[C@H]1C(=O)NC(C)(C)C. The van der Waals surface area contributed by atoms with E-state index in [1.54, 1.807) is 0 Å². The molecule has 1 atom stereocenters. The van der Waals surface area contributed by atoms with Crippen LogP contribution in [0.5, 0.6) is 0 Å². The third kappa shape index (κ3) is 5.07. The number of likely N-dealkylation sites (tertiary alicyclic amines) is 1. The quantitative estimate of drug-likeness (QED) is 0.819. The molecule has 0 aromatic heterocycles. The van der Waals surface area contributed by atoms with E-state index in [4.69, 9.17) is 0 Å². The Morgan fingerprint density at radius 3 is 2.65 bits per heavy atom. The Bertz CT molecular complexity index is 245. The van der Waals surface area contributed by atoms with Crippen LogP contribution in [0, 0.1) is 0 Å². The molecule has 0 spiro atoms. The van der Waals surface area contributed by atoms with E-state index in [-0.39, 0.29) is 17.5 Å². The second-order valence-corrected chi connectivity index (χ2v) is 6.14. The highest BCUT2D eigenvalue weighted by atomic mass is 16.2. The molecule has 1 aliphatic heterocycles. The van der Waals surface area contributed by atoms with Gasteiger partial charge >= 0.3 is 0 Å². The summed E-state index contributed by atoms with van der Waals surface area (Å²) in [6.07, 6.45) is 5.84. The number of amides is 1. The molecule has 100 valence electrons. The molecule has 0 unspecified atom stereocenters. The van der Waals surface area contributed by atoms with Gasteiger partial charge in [0.25, 0.3) is 0 Å². The molecule has 17 heavy (non-hydrogen) atoms. The van der Waals surface area contributed by atoms with E-state index < -0.39 is 0 Å². The normalized spacial score (nSPS) is 22.5. The van der Waals surface area contributed by atoms with Gasteiger partial charge in [-0.2, -0.15) is 0 Å². The smallest absolute Gasteiger partial charge is 0.237 e. The predicted molar refractivity (Wildman–Crippen MR) is 72.0 cm³/mol. The van der Waals surface area contributed by atoms with Crippen molar-refractivity contribution in [3.05, 3.63) is 0 Å². The summed E-state index contributed by atoms with van der Waals surface area (Å²) in [4.78, 5) is 14.6. The highest BCUT2D eigenvalue weighted by molar-refractivity contribution is 5.82. The lowest BCUT2D eigenvalue weighted by Gasteiger charge is -2.36. The van der Waals surface area contributed by atoms with Crippen molar-refractivity contribution in [2.24, 2.45) is 0 Å². The maximum Gasteiger partial charge on any atom is 0.237 e. The lowest BCUT2D eigenvalue weighted by molar-refractivity contribution is -0.129. The third-order valence-electron chi connectivity index (χ3n) is 3.21. The van der Waals surface area contributed by atoms with Crippen LogP contribution in [0.15, 0.2) is 0 Å². The van der Waals surface area contributed by atoms with Crippen LogP contribution in [0.1, 0.15) is 59.8 Å². The summed E-state index contributed by atoms with van der Waals surface area (Å²) in [6, 6.07) is 0.106. The third-order valence-corrected chi connectivity index (χ3v) is 3.21. The highest BCUT2D eigenvalue weighted by Crippen LogP contribution is 2.18. The van der Waals surface area contributed by atoms with Crippen LogP contribution in [-0.2, 0) is 4.79 Å². The number of nitrogens with one attached hydrogen (secondary N) is 1. The zero-order chi connectivity index (χ0) is 12.9. The van der Waals surface area contributed by atoms with E-state index in [0.717, 1.165) is 19.5 Å². The predicted octanol–water partition coefficient (Wildman–Crippen LogP) is 2.56. The summed E-state index contributed by atoms with van der Waals surface area (Å²) in [6.45, 7) is 10.5. The lowest BCUT2D eigenvalue weighted by atomic mass is 9.99. The van der Waals surface area contributed by atoms with E-state index in [9.17, 15) is 4.79 Å². The molecule has 1 saturated heterocycles. The van der Waals surface area contributed by atoms with Gasteiger partial charge in [-0.05, 0) is 53.1 Å². The molecule has 0 aliphatic carbocycles. The standard InChI is InChI=1S/C14H28N2O/c1-5-6-10-16-11-8-7-9-12(16)13(17)15-14(2,3)4/h12H,5-11H2,1-4H3,(H,15,17)/t12-/m0/s1. The van der Waals surface area contributed by atoms with E-state index in [1.807, 2.05) is 20.8 Å². The summed E-state index contributed by atoms with van der Waals surface area (Å²) < 4.78 is 0. The minimum Gasteiger partial charge on any atom is -0.350 e. The van der Waals surface area contributed by atoms with E-state index >= 15 is 0 Å². The van der Waals surface area contributed by atoms with Crippen molar-refractivity contribution in [2.75, 3.05) is 13.1 Å². The number of nitrogens with zero attached hydrogens (tertiary/aromatic N) is 1. The van der Waals surface area contributed by atoms with Gasteiger partial charge in [-0.25, -0.2) is 0 Å². The van der Waals surface area contributed by atoms with Gasteiger partial charge in [0.2, 0.25) is 5.91 Å². The fourth-order valence-electron chi connectivity index (χ4n) is 2.37. The zero-order valence-electron chi connectivity index (χ0n) is 11.9. The Hall–Kier alpha value is -0.570. The molecule has 1 amide bonds. The molecule has 0 aromatic carbocycles. The summed E-state index contributed by atoms with van der Waals surface area (Å²) in [5.41, 5.74) is -0.120. The largest absolute Gasteiger partial charge is 0.350 e. The minimum absolute atomic E-state index is 0.106.